The van der Waals surface area contributed by atoms with Gasteiger partial charge in [-0.25, -0.2) is 0 Å². The van der Waals surface area contributed by atoms with Crippen molar-refractivity contribution in [1.29, 1.82) is 0 Å². The van der Waals surface area contributed by atoms with E-state index in [-0.39, 0.29) is 25.0 Å². The Balaban J connectivity index is 3.06. The van der Waals surface area contributed by atoms with Crippen molar-refractivity contribution in [3.63, 3.8) is 0 Å². The average Bonchev–Trinajstić information content (AvgIpc) is 2.67. The molecule has 0 bridgehead atoms. The maximum atomic E-state index is 11.7. The Labute approximate surface area is 181 Å². The average molecular weight is 465 g/mol. The number of benzene rings is 1. The van der Waals surface area contributed by atoms with Gasteiger partial charge in [-0.15, -0.1) is 0 Å². The van der Waals surface area contributed by atoms with Crippen LogP contribution in [0.3, 0.4) is 0 Å². The van der Waals surface area contributed by atoms with Gasteiger partial charge >= 0.3 is 16.5 Å². The fourth-order valence-corrected chi connectivity index (χ4v) is 4.05. The lowest BCUT2D eigenvalue weighted by molar-refractivity contribution is 0.229. The van der Waals surface area contributed by atoms with Gasteiger partial charge in [0.15, 0.2) is 0 Å². The summed E-state index contributed by atoms with van der Waals surface area (Å²) in [6.45, 7) is 13.6. The summed E-state index contributed by atoms with van der Waals surface area (Å²) in [4.78, 5) is 2.00. The number of phenols is 1. The highest BCUT2D eigenvalue weighted by Gasteiger charge is 2.18. The van der Waals surface area contributed by atoms with Gasteiger partial charge < -0.3 is 28.1 Å². The highest BCUT2D eigenvalue weighted by molar-refractivity contribution is 7.33. The Kier molecular flexibility index (Phi) is 12.9. The Morgan fingerprint density at radius 2 is 1.23 bits per heavy atom. The third-order valence-corrected chi connectivity index (χ3v) is 6.38. The SMILES string of the molecule is CCO[PH](=O)OCCN(CCO[PH](=O)OCC)c1cc(C(C)C)c(O)c(C(C)C)c1. The second-order valence-corrected chi connectivity index (χ2v) is 9.49. The van der Waals surface area contributed by atoms with Crippen LogP contribution in [0.4, 0.5) is 5.69 Å². The first-order valence-electron chi connectivity index (χ1n) is 10.4. The molecule has 2 atom stereocenters. The monoisotopic (exact) mass is 465 g/mol. The van der Waals surface area contributed by atoms with Crippen LogP contribution in [0.25, 0.3) is 0 Å². The quantitative estimate of drug-likeness (QED) is 0.347. The third kappa shape index (κ3) is 9.09. The number of hydrogen-bond acceptors (Lipinski definition) is 8. The maximum absolute atomic E-state index is 11.7. The van der Waals surface area contributed by atoms with Gasteiger partial charge in [0.1, 0.15) is 5.75 Å². The molecular formula is C20H37NO7P2. The van der Waals surface area contributed by atoms with Crippen LogP contribution in [0.2, 0.25) is 0 Å². The number of hydrogen-bond donors (Lipinski definition) is 1. The smallest absolute Gasteiger partial charge is 0.319 e. The van der Waals surface area contributed by atoms with Gasteiger partial charge in [-0.1, -0.05) is 27.7 Å². The molecule has 1 aromatic rings. The van der Waals surface area contributed by atoms with Crippen molar-refractivity contribution in [2.24, 2.45) is 0 Å². The summed E-state index contributed by atoms with van der Waals surface area (Å²) in [7, 11) is -5.04. The lowest BCUT2D eigenvalue weighted by atomic mass is 9.93. The van der Waals surface area contributed by atoms with Gasteiger partial charge in [-0.2, -0.15) is 0 Å². The molecule has 2 unspecified atom stereocenters. The van der Waals surface area contributed by atoms with Crippen molar-refractivity contribution in [3.8, 4) is 5.75 Å². The summed E-state index contributed by atoms with van der Waals surface area (Å²) in [5, 5.41) is 10.7. The molecule has 0 aliphatic carbocycles. The molecule has 0 saturated heterocycles. The molecule has 174 valence electrons. The van der Waals surface area contributed by atoms with Gasteiger partial charge in [0.2, 0.25) is 0 Å². The minimum atomic E-state index is -2.52. The Hall–Kier alpha value is -0.880. The first-order valence-corrected chi connectivity index (χ1v) is 12.9. The van der Waals surface area contributed by atoms with Crippen molar-refractivity contribution < 1.29 is 32.3 Å². The molecule has 0 aliphatic heterocycles. The van der Waals surface area contributed by atoms with Crippen molar-refractivity contribution in [3.05, 3.63) is 23.3 Å². The molecule has 8 nitrogen and oxygen atoms in total. The Morgan fingerprint density at radius 1 is 0.833 bits per heavy atom. The highest BCUT2D eigenvalue weighted by Crippen LogP contribution is 2.37. The number of aromatic hydroxyl groups is 1. The van der Waals surface area contributed by atoms with Gasteiger partial charge in [0.25, 0.3) is 0 Å². The highest BCUT2D eigenvalue weighted by atomic mass is 31.1. The Morgan fingerprint density at radius 3 is 1.57 bits per heavy atom. The van der Waals surface area contributed by atoms with Crippen LogP contribution >= 0.6 is 16.5 Å². The summed E-state index contributed by atoms with van der Waals surface area (Å²) in [6.07, 6.45) is 0. The topological polar surface area (TPSA) is 94.5 Å². The first-order chi connectivity index (χ1) is 14.2. The van der Waals surface area contributed by atoms with Crippen LogP contribution in [0.5, 0.6) is 5.75 Å². The van der Waals surface area contributed by atoms with Crippen molar-refractivity contribution in [1.82, 2.24) is 0 Å². The number of anilines is 1. The molecule has 30 heavy (non-hydrogen) atoms. The first kappa shape index (κ1) is 27.2. The summed E-state index contributed by atoms with van der Waals surface area (Å²) >= 11 is 0. The van der Waals surface area contributed by atoms with Crippen molar-refractivity contribution >= 4 is 22.2 Å². The lowest BCUT2D eigenvalue weighted by Crippen LogP contribution is -2.30. The molecule has 10 heteroatoms. The molecule has 1 aromatic carbocycles. The number of nitrogens with zero attached hydrogens (tertiary/aromatic N) is 1. The van der Waals surface area contributed by atoms with Gasteiger partial charge in [-0.05, 0) is 48.9 Å². The fraction of sp³-hybridized carbons (Fsp3) is 0.700. The molecule has 0 aliphatic rings. The molecule has 1 rings (SSSR count). The second kappa shape index (κ2) is 14.2. The van der Waals surface area contributed by atoms with Crippen LogP contribution < -0.4 is 4.90 Å². The fourth-order valence-electron chi connectivity index (χ4n) is 2.89. The van der Waals surface area contributed by atoms with Gasteiger partial charge in [0, 0.05) is 18.8 Å². The van der Waals surface area contributed by atoms with E-state index in [1.54, 1.807) is 13.8 Å². The van der Waals surface area contributed by atoms with E-state index in [0.717, 1.165) is 16.8 Å². The number of rotatable bonds is 15. The number of phenolic OH excluding ortho intramolecular Hbond substituents is 1. The summed E-state index contributed by atoms with van der Waals surface area (Å²) < 4.78 is 43.9. The van der Waals surface area contributed by atoms with Crippen molar-refractivity contribution in [2.45, 2.75) is 53.4 Å². The Bertz CT molecular complexity index is 645. The van der Waals surface area contributed by atoms with Crippen LogP contribution in [0.1, 0.15) is 64.5 Å². The molecule has 0 aromatic heterocycles. The van der Waals surface area contributed by atoms with E-state index in [1.807, 2.05) is 44.7 Å². The minimum absolute atomic E-state index is 0.139. The predicted molar refractivity (Wildman–Crippen MR) is 122 cm³/mol. The van der Waals surface area contributed by atoms with E-state index in [4.69, 9.17) is 18.1 Å². The normalized spacial score (nSPS) is 13.7. The van der Waals surface area contributed by atoms with Gasteiger partial charge in [0.05, 0.1) is 26.4 Å². The zero-order valence-corrected chi connectivity index (χ0v) is 20.9. The van der Waals surface area contributed by atoms with Gasteiger partial charge in [-0.3, -0.25) is 9.13 Å². The largest absolute Gasteiger partial charge is 0.507 e. The summed E-state index contributed by atoms with van der Waals surface area (Å²) in [5.74, 6) is 0.597. The standard InChI is InChI=1S/C20H37NO7P2/c1-7-25-29(23)27-11-9-21(10-12-28-30(24)26-8-2)17-13-18(15(3)4)20(22)19(14-17)16(5)6/h13-16,22,29-30H,7-12H2,1-6H3. The van der Waals surface area contributed by atoms with Crippen LogP contribution in [0, 0.1) is 0 Å². The molecule has 0 spiro atoms. The maximum Gasteiger partial charge on any atom is 0.319 e. The van der Waals surface area contributed by atoms with E-state index in [0.29, 0.717) is 32.1 Å². The zero-order valence-electron chi connectivity index (χ0n) is 18.9. The van der Waals surface area contributed by atoms with Crippen LogP contribution in [-0.2, 0) is 27.2 Å². The summed E-state index contributed by atoms with van der Waals surface area (Å²) in [6, 6.07) is 3.90. The molecule has 1 N–H and O–H groups in total. The van der Waals surface area contributed by atoms with E-state index < -0.39 is 16.5 Å². The molecule has 0 saturated carbocycles. The lowest BCUT2D eigenvalue weighted by Gasteiger charge is -2.27. The molecular weight excluding hydrogens is 428 g/mol. The van der Waals surface area contributed by atoms with Crippen LogP contribution in [0.15, 0.2) is 12.1 Å². The van der Waals surface area contributed by atoms with Crippen molar-refractivity contribution in [2.75, 3.05) is 44.4 Å². The summed E-state index contributed by atoms with van der Waals surface area (Å²) in [5.41, 5.74) is 2.60. The van der Waals surface area contributed by atoms with E-state index in [1.165, 1.54) is 0 Å². The second-order valence-electron chi connectivity index (χ2n) is 7.33. The molecule has 0 radical (unpaired) electrons. The molecule has 0 heterocycles. The molecule has 0 amide bonds. The predicted octanol–water partition coefficient (Wildman–Crippen LogP) is 5.33. The minimum Gasteiger partial charge on any atom is -0.507 e. The van der Waals surface area contributed by atoms with E-state index in [9.17, 15) is 14.2 Å². The van der Waals surface area contributed by atoms with Crippen LogP contribution in [-0.4, -0.2) is 44.6 Å². The zero-order chi connectivity index (χ0) is 22.7. The third-order valence-electron chi connectivity index (χ3n) is 4.45. The molecule has 0 fully saturated rings. The van der Waals surface area contributed by atoms with E-state index in [2.05, 4.69) is 0 Å². The van der Waals surface area contributed by atoms with E-state index >= 15 is 0 Å².